The third-order valence-corrected chi connectivity index (χ3v) is 5.23. The van der Waals surface area contributed by atoms with Gasteiger partial charge in [-0.15, -0.1) is 0 Å². The Morgan fingerprint density at radius 1 is 1.08 bits per heavy atom. The summed E-state index contributed by atoms with van der Waals surface area (Å²) in [5, 5.41) is 2.91. The lowest BCUT2D eigenvalue weighted by Crippen LogP contribution is -2.41. The van der Waals surface area contributed by atoms with Crippen molar-refractivity contribution in [1.29, 1.82) is 0 Å². The van der Waals surface area contributed by atoms with Gasteiger partial charge >= 0.3 is 5.97 Å². The Bertz CT molecular complexity index is 914. The predicted molar refractivity (Wildman–Crippen MR) is 96.7 cm³/mol. The number of rotatable bonds is 3. The number of cyclic esters (lactones) is 1. The second kappa shape index (κ2) is 6.44. The zero-order valence-electron chi connectivity index (χ0n) is 13.2. The lowest BCUT2D eigenvalue weighted by molar-refractivity contribution is -0.142. The van der Waals surface area contributed by atoms with Crippen LogP contribution in [0.3, 0.4) is 0 Å². The lowest BCUT2D eigenvalue weighted by atomic mass is 10.1. The molecule has 1 unspecified atom stereocenters. The molecule has 0 saturated carbocycles. The fraction of sp³-hybridized carbons (Fsp3) is 0.167. The van der Waals surface area contributed by atoms with Crippen LogP contribution in [0.4, 0.5) is 4.39 Å². The molecule has 0 spiro atoms. The second-order valence-electron chi connectivity index (χ2n) is 5.97. The summed E-state index contributed by atoms with van der Waals surface area (Å²) in [6.07, 6.45) is -0.850. The normalized spacial score (nSPS) is 21.9. The summed E-state index contributed by atoms with van der Waals surface area (Å²) in [6, 6.07) is 10.2. The van der Waals surface area contributed by atoms with Crippen LogP contribution in [0.15, 0.2) is 42.5 Å². The molecule has 2 heterocycles. The number of hydrogen-bond donors (Lipinski definition) is 1. The van der Waals surface area contributed by atoms with E-state index in [1.807, 2.05) is 22.6 Å². The van der Waals surface area contributed by atoms with Crippen molar-refractivity contribution in [3.05, 3.63) is 68.5 Å². The van der Waals surface area contributed by atoms with Crippen LogP contribution in [0.1, 0.15) is 32.3 Å². The number of imide groups is 1. The fourth-order valence-electron chi connectivity index (χ4n) is 3.08. The molecule has 132 valence electrons. The van der Waals surface area contributed by atoms with E-state index in [-0.39, 0.29) is 6.54 Å². The average molecular weight is 466 g/mol. The SMILES string of the molecule is O=C1O[C@@H](CN2C(=O)c3ccccc3C2=O)NC1c1ccc(I)c(F)c1. The molecule has 4 rings (SSSR count). The highest BCUT2D eigenvalue weighted by Gasteiger charge is 2.41. The first-order chi connectivity index (χ1) is 12.5. The zero-order valence-corrected chi connectivity index (χ0v) is 15.4. The van der Waals surface area contributed by atoms with E-state index in [0.717, 1.165) is 4.90 Å². The minimum atomic E-state index is -0.850. The Hall–Kier alpha value is -2.33. The van der Waals surface area contributed by atoms with Gasteiger partial charge in [0.05, 0.1) is 17.7 Å². The average Bonchev–Trinajstić information content (AvgIpc) is 3.11. The van der Waals surface area contributed by atoms with Crippen molar-refractivity contribution < 1.29 is 23.5 Å². The van der Waals surface area contributed by atoms with Gasteiger partial charge in [-0.25, -0.2) is 9.18 Å². The van der Waals surface area contributed by atoms with Crippen LogP contribution in [0.2, 0.25) is 0 Å². The summed E-state index contributed by atoms with van der Waals surface area (Å²) in [6.45, 7) is -0.110. The number of nitrogens with zero attached hydrogens (tertiary/aromatic N) is 1. The minimum absolute atomic E-state index is 0.110. The molecular weight excluding hydrogens is 454 g/mol. The number of ether oxygens (including phenoxy) is 1. The van der Waals surface area contributed by atoms with Crippen LogP contribution in [-0.4, -0.2) is 35.5 Å². The number of fused-ring (bicyclic) bond motifs is 1. The van der Waals surface area contributed by atoms with E-state index >= 15 is 0 Å². The van der Waals surface area contributed by atoms with Gasteiger partial charge in [0, 0.05) is 3.57 Å². The highest BCUT2D eigenvalue weighted by molar-refractivity contribution is 14.1. The van der Waals surface area contributed by atoms with Crippen molar-refractivity contribution in [2.75, 3.05) is 6.54 Å². The molecule has 1 fully saturated rings. The summed E-state index contributed by atoms with van der Waals surface area (Å²) < 4.78 is 19.4. The van der Waals surface area contributed by atoms with Gasteiger partial charge in [0.1, 0.15) is 11.9 Å². The lowest BCUT2D eigenvalue weighted by Gasteiger charge is -2.18. The van der Waals surface area contributed by atoms with Gasteiger partial charge in [0.2, 0.25) is 0 Å². The molecule has 1 saturated heterocycles. The quantitative estimate of drug-likeness (QED) is 0.427. The number of nitrogens with one attached hydrogen (secondary N) is 1. The van der Waals surface area contributed by atoms with Gasteiger partial charge in [0.25, 0.3) is 11.8 Å². The number of amides is 2. The molecule has 8 heteroatoms. The Balaban J connectivity index is 1.51. The van der Waals surface area contributed by atoms with Gasteiger partial charge in [-0.3, -0.25) is 19.8 Å². The first kappa shape index (κ1) is 17.1. The molecule has 0 radical (unpaired) electrons. The van der Waals surface area contributed by atoms with Crippen LogP contribution in [0.25, 0.3) is 0 Å². The van der Waals surface area contributed by atoms with E-state index in [9.17, 15) is 18.8 Å². The molecule has 2 aromatic rings. The second-order valence-corrected chi connectivity index (χ2v) is 7.13. The smallest absolute Gasteiger partial charge is 0.329 e. The van der Waals surface area contributed by atoms with Gasteiger partial charge < -0.3 is 4.74 Å². The Morgan fingerprint density at radius 3 is 2.35 bits per heavy atom. The third kappa shape index (κ3) is 2.78. The topological polar surface area (TPSA) is 75.7 Å². The number of hydrogen-bond acceptors (Lipinski definition) is 5. The molecule has 2 aliphatic heterocycles. The maximum atomic E-state index is 13.8. The summed E-state index contributed by atoms with van der Waals surface area (Å²) in [5.41, 5.74) is 1.09. The molecule has 2 aliphatic rings. The van der Waals surface area contributed by atoms with E-state index in [4.69, 9.17) is 4.74 Å². The van der Waals surface area contributed by atoms with E-state index in [2.05, 4.69) is 5.32 Å². The van der Waals surface area contributed by atoms with Crippen LogP contribution in [0.5, 0.6) is 0 Å². The van der Waals surface area contributed by atoms with Gasteiger partial charge in [0.15, 0.2) is 6.23 Å². The molecule has 1 N–H and O–H groups in total. The third-order valence-electron chi connectivity index (χ3n) is 4.35. The summed E-state index contributed by atoms with van der Waals surface area (Å²) >= 11 is 1.86. The number of halogens is 2. The van der Waals surface area contributed by atoms with Crippen molar-refractivity contribution in [1.82, 2.24) is 10.2 Å². The largest absolute Gasteiger partial charge is 0.443 e. The first-order valence-corrected chi connectivity index (χ1v) is 8.90. The molecule has 0 aromatic heterocycles. The van der Waals surface area contributed by atoms with Crippen LogP contribution >= 0.6 is 22.6 Å². The minimum Gasteiger partial charge on any atom is -0.443 e. The fourth-order valence-corrected chi connectivity index (χ4v) is 3.42. The molecule has 2 atom stereocenters. The standard InChI is InChI=1S/C18H12FIN2O4/c19-12-7-9(5-6-13(12)20)15-18(25)26-14(21-15)8-22-16(23)10-3-1-2-4-11(10)17(22)24/h1-7,14-15,21H,8H2/t14-,15?/m0/s1. The van der Waals surface area contributed by atoms with Crippen LogP contribution in [-0.2, 0) is 9.53 Å². The zero-order chi connectivity index (χ0) is 18.4. The van der Waals surface area contributed by atoms with Gasteiger partial charge in [-0.2, -0.15) is 0 Å². The maximum absolute atomic E-state index is 13.8. The van der Waals surface area contributed by atoms with E-state index in [0.29, 0.717) is 20.3 Å². The Morgan fingerprint density at radius 2 is 1.73 bits per heavy atom. The van der Waals surface area contributed by atoms with E-state index < -0.39 is 35.9 Å². The van der Waals surface area contributed by atoms with Crippen LogP contribution < -0.4 is 5.32 Å². The molecular formula is C18H12FIN2O4. The van der Waals surface area contributed by atoms with Gasteiger partial charge in [-0.1, -0.05) is 18.2 Å². The molecule has 2 aromatic carbocycles. The number of esters is 1. The molecule has 6 nitrogen and oxygen atoms in total. The summed E-state index contributed by atoms with van der Waals surface area (Å²) in [5.74, 6) is -1.85. The maximum Gasteiger partial charge on any atom is 0.329 e. The van der Waals surface area contributed by atoms with Crippen molar-refractivity contribution in [3.63, 3.8) is 0 Å². The number of carbonyl (C=O) groups excluding carboxylic acids is 3. The summed E-state index contributed by atoms with van der Waals surface area (Å²) in [7, 11) is 0. The van der Waals surface area contributed by atoms with Crippen molar-refractivity contribution in [2.24, 2.45) is 0 Å². The van der Waals surface area contributed by atoms with Crippen LogP contribution in [0, 0.1) is 9.39 Å². The predicted octanol–water partition coefficient (Wildman–Crippen LogP) is 2.24. The van der Waals surface area contributed by atoms with Crippen molar-refractivity contribution >= 4 is 40.4 Å². The Labute approximate surface area is 161 Å². The van der Waals surface area contributed by atoms with Crippen molar-refractivity contribution in [2.45, 2.75) is 12.3 Å². The van der Waals surface area contributed by atoms with E-state index in [1.54, 1.807) is 36.4 Å². The molecule has 0 bridgehead atoms. The number of carbonyl (C=O) groups is 3. The summed E-state index contributed by atoms with van der Waals surface area (Å²) in [4.78, 5) is 38.0. The highest BCUT2D eigenvalue weighted by atomic mass is 127. The number of benzene rings is 2. The highest BCUT2D eigenvalue weighted by Crippen LogP contribution is 2.27. The first-order valence-electron chi connectivity index (χ1n) is 7.82. The molecule has 26 heavy (non-hydrogen) atoms. The van der Waals surface area contributed by atoms with E-state index in [1.165, 1.54) is 6.07 Å². The molecule has 0 aliphatic carbocycles. The van der Waals surface area contributed by atoms with Gasteiger partial charge in [-0.05, 0) is 52.4 Å². The Kier molecular flexibility index (Phi) is 4.23. The monoisotopic (exact) mass is 466 g/mol. The molecule has 2 amide bonds. The van der Waals surface area contributed by atoms with Crippen molar-refractivity contribution in [3.8, 4) is 0 Å².